The SMILES string of the molecule is CC(C)c1ccc(C(=O)CN(C)CC(C)(C)C)cc1. The Morgan fingerprint density at radius 1 is 1.16 bits per heavy atom. The van der Waals surface area contributed by atoms with Crippen molar-refractivity contribution in [3.05, 3.63) is 35.4 Å². The van der Waals surface area contributed by atoms with Crippen LogP contribution in [0.2, 0.25) is 0 Å². The molecule has 2 nitrogen and oxygen atoms in total. The predicted molar refractivity (Wildman–Crippen MR) is 81.8 cm³/mol. The topological polar surface area (TPSA) is 20.3 Å². The summed E-state index contributed by atoms with van der Waals surface area (Å²) in [4.78, 5) is 14.3. The molecule has 0 saturated heterocycles. The highest BCUT2D eigenvalue weighted by molar-refractivity contribution is 5.97. The number of nitrogens with zero attached hydrogens (tertiary/aromatic N) is 1. The van der Waals surface area contributed by atoms with Crippen molar-refractivity contribution in [3.63, 3.8) is 0 Å². The molecule has 0 bridgehead atoms. The summed E-state index contributed by atoms with van der Waals surface area (Å²) in [5, 5.41) is 0. The number of Topliss-reactive ketones (excluding diaryl/α,β-unsaturated/α-hetero) is 1. The van der Waals surface area contributed by atoms with Crippen LogP contribution in [0.3, 0.4) is 0 Å². The van der Waals surface area contributed by atoms with Gasteiger partial charge in [0.05, 0.1) is 6.54 Å². The Morgan fingerprint density at radius 2 is 1.68 bits per heavy atom. The summed E-state index contributed by atoms with van der Waals surface area (Å²) in [5.74, 6) is 0.703. The molecular formula is C17H27NO. The molecule has 0 aliphatic heterocycles. The molecule has 1 aromatic carbocycles. The van der Waals surface area contributed by atoms with Crippen LogP contribution in [0, 0.1) is 5.41 Å². The zero-order chi connectivity index (χ0) is 14.6. The van der Waals surface area contributed by atoms with Crippen molar-refractivity contribution in [2.45, 2.75) is 40.5 Å². The van der Waals surface area contributed by atoms with Crippen LogP contribution in [0.25, 0.3) is 0 Å². The number of ketones is 1. The third-order valence-corrected chi connectivity index (χ3v) is 3.06. The van der Waals surface area contributed by atoms with Gasteiger partial charge in [-0.05, 0) is 23.9 Å². The standard InChI is InChI=1S/C17H27NO/c1-13(2)14-7-9-15(10-8-14)16(19)11-18(6)12-17(3,4)5/h7-10,13H,11-12H2,1-6H3. The Balaban J connectivity index is 2.63. The van der Waals surface area contributed by atoms with Crippen molar-refractivity contribution in [2.24, 2.45) is 5.41 Å². The van der Waals surface area contributed by atoms with E-state index in [9.17, 15) is 4.79 Å². The minimum Gasteiger partial charge on any atom is -0.298 e. The Bertz CT molecular complexity index is 412. The van der Waals surface area contributed by atoms with Crippen LogP contribution in [0.5, 0.6) is 0 Å². The van der Waals surface area contributed by atoms with Gasteiger partial charge in [0.15, 0.2) is 5.78 Å². The number of benzene rings is 1. The number of carbonyl (C=O) groups excluding carboxylic acids is 1. The first kappa shape index (κ1) is 15.9. The number of carbonyl (C=O) groups is 1. The van der Waals surface area contributed by atoms with E-state index in [1.165, 1.54) is 5.56 Å². The minimum absolute atomic E-state index is 0.196. The van der Waals surface area contributed by atoms with Crippen LogP contribution in [-0.2, 0) is 0 Å². The first-order chi connectivity index (χ1) is 8.69. The molecule has 0 heterocycles. The molecule has 0 atom stereocenters. The quantitative estimate of drug-likeness (QED) is 0.747. The summed E-state index contributed by atoms with van der Waals surface area (Å²) in [6.07, 6.45) is 0. The van der Waals surface area contributed by atoms with Gasteiger partial charge in [0, 0.05) is 12.1 Å². The molecule has 1 rings (SSSR count). The molecule has 0 spiro atoms. The van der Waals surface area contributed by atoms with Gasteiger partial charge in [-0.3, -0.25) is 9.69 Å². The maximum atomic E-state index is 12.2. The van der Waals surface area contributed by atoms with Crippen LogP contribution < -0.4 is 0 Å². The van der Waals surface area contributed by atoms with Crippen molar-refractivity contribution in [1.82, 2.24) is 4.90 Å². The van der Waals surface area contributed by atoms with E-state index in [2.05, 4.69) is 51.7 Å². The second kappa shape index (κ2) is 6.33. The lowest BCUT2D eigenvalue weighted by Gasteiger charge is -2.25. The molecule has 0 aromatic heterocycles. The van der Waals surface area contributed by atoms with E-state index in [1.54, 1.807) is 0 Å². The number of hydrogen-bond acceptors (Lipinski definition) is 2. The van der Waals surface area contributed by atoms with Crippen molar-refractivity contribution in [3.8, 4) is 0 Å². The first-order valence-electron chi connectivity index (χ1n) is 7.01. The normalized spacial score (nSPS) is 12.2. The number of likely N-dealkylation sites (N-methyl/N-ethyl adjacent to an activating group) is 1. The van der Waals surface area contributed by atoms with Crippen LogP contribution in [0.15, 0.2) is 24.3 Å². The average Bonchev–Trinajstić information content (AvgIpc) is 2.26. The van der Waals surface area contributed by atoms with E-state index >= 15 is 0 Å². The summed E-state index contributed by atoms with van der Waals surface area (Å²) in [5.41, 5.74) is 2.31. The van der Waals surface area contributed by atoms with Gasteiger partial charge in [0.2, 0.25) is 0 Å². The summed E-state index contributed by atoms with van der Waals surface area (Å²) < 4.78 is 0. The van der Waals surface area contributed by atoms with Crippen molar-refractivity contribution in [2.75, 3.05) is 20.1 Å². The lowest BCUT2D eigenvalue weighted by Crippen LogP contribution is -2.33. The largest absolute Gasteiger partial charge is 0.298 e. The summed E-state index contributed by atoms with van der Waals surface area (Å²) in [7, 11) is 2.01. The summed E-state index contributed by atoms with van der Waals surface area (Å²) in [6.45, 7) is 12.3. The molecule has 0 saturated carbocycles. The minimum atomic E-state index is 0.196. The summed E-state index contributed by atoms with van der Waals surface area (Å²) in [6, 6.07) is 8.01. The maximum absolute atomic E-state index is 12.2. The zero-order valence-electron chi connectivity index (χ0n) is 13.2. The van der Waals surface area contributed by atoms with Gasteiger partial charge in [-0.15, -0.1) is 0 Å². The predicted octanol–water partition coefficient (Wildman–Crippen LogP) is 3.97. The fourth-order valence-corrected chi connectivity index (χ4v) is 2.26. The molecule has 106 valence electrons. The van der Waals surface area contributed by atoms with Crippen molar-refractivity contribution < 1.29 is 4.79 Å². The Hall–Kier alpha value is -1.15. The van der Waals surface area contributed by atoms with E-state index in [-0.39, 0.29) is 11.2 Å². The van der Waals surface area contributed by atoms with E-state index in [1.807, 2.05) is 19.2 Å². The van der Waals surface area contributed by atoms with Crippen molar-refractivity contribution >= 4 is 5.78 Å². The van der Waals surface area contributed by atoms with Gasteiger partial charge in [0.25, 0.3) is 0 Å². The molecule has 0 unspecified atom stereocenters. The van der Waals surface area contributed by atoms with Crippen LogP contribution in [0.4, 0.5) is 0 Å². The lowest BCUT2D eigenvalue weighted by molar-refractivity contribution is 0.0927. The molecular weight excluding hydrogens is 234 g/mol. The highest BCUT2D eigenvalue weighted by atomic mass is 16.1. The molecule has 0 radical (unpaired) electrons. The van der Waals surface area contributed by atoms with E-state index in [0.29, 0.717) is 12.5 Å². The second-order valence-corrected chi connectivity index (χ2v) is 6.93. The fraction of sp³-hybridized carbons (Fsp3) is 0.588. The second-order valence-electron chi connectivity index (χ2n) is 6.93. The highest BCUT2D eigenvalue weighted by Gasteiger charge is 2.16. The number of rotatable bonds is 5. The molecule has 0 fully saturated rings. The van der Waals surface area contributed by atoms with Crippen LogP contribution in [-0.4, -0.2) is 30.8 Å². The molecule has 19 heavy (non-hydrogen) atoms. The lowest BCUT2D eigenvalue weighted by atomic mass is 9.96. The van der Waals surface area contributed by atoms with E-state index in [0.717, 1.165) is 12.1 Å². The molecule has 0 aliphatic carbocycles. The fourth-order valence-electron chi connectivity index (χ4n) is 2.26. The third-order valence-electron chi connectivity index (χ3n) is 3.06. The first-order valence-corrected chi connectivity index (χ1v) is 7.01. The summed E-state index contributed by atoms with van der Waals surface area (Å²) >= 11 is 0. The number of hydrogen-bond donors (Lipinski definition) is 0. The molecule has 2 heteroatoms. The molecule has 0 amide bonds. The zero-order valence-corrected chi connectivity index (χ0v) is 13.2. The van der Waals surface area contributed by atoms with Gasteiger partial charge >= 0.3 is 0 Å². The van der Waals surface area contributed by atoms with Gasteiger partial charge in [-0.2, -0.15) is 0 Å². The molecule has 0 aliphatic rings. The van der Waals surface area contributed by atoms with Crippen molar-refractivity contribution in [1.29, 1.82) is 0 Å². The highest BCUT2D eigenvalue weighted by Crippen LogP contribution is 2.16. The van der Waals surface area contributed by atoms with Crippen LogP contribution in [0.1, 0.15) is 56.5 Å². The van der Waals surface area contributed by atoms with E-state index in [4.69, 9.17) is 0 Å². The van der Waals surface area contributed by atoms with Gasteiger partial charge < -0.3 is 0 Å². The Kier molecular flexibility index (Phi) is 5.30. The van der Waals surface area contributed by atoms with E-state index < -0.39 is 0 Å². The Morgan fingerprint density at radius 3 is 2.11 bits per heavy atom. The van der Waals surface area contributed by atoms with Gasteiger partial charge in [0.1, 0.15) is 0 Å². The third kappa shape index (κ3) is 5.56. The van der Waals surface area contributed by atoms with Crippen LogP contribution >= 0.6 is 0 Å². The van der Waals surface area contributed by atoms with Gasteiger partial charge in [-0.25, -0.2) is 0 Å². The smallest absolute Gasteiger partial charge is 0.176 e. The molecule has 0 N–H and O–H groups in total. The monoisotopic (exact) mass is 261 g/mol. The average molecular weight is 261 g/mol. The molecule has 1 aromatic rings. The maximum Gasteiger partial charge on any atom is 0.176 e. The Labute approximate surface area is 117 Å². The van der Waals surface area contributed by atoms with Gasteiger partial charge in [-0.1, -0.05) is 58.9 Å².